The van der Waals surface area contributed by atoms with Gasteiger partial charge in [-0.05, 0) is 48.1 Å². The normalized spacial score (nSPS) is 10.2. The first-order chi connectivity index (χ1) is 10.5. The summed E-state index contributed by atoms with van der Waals surface area (Å²) in [5.41, 5.74) is 3.12. The zero-order chi connectivity index (χ0) is 16.1. The monoisotopic (exact) mass is 353 g/mol. The molecule has 0 bridgehead atoms. The van der Waals surface area contributed by atoms with Gasteiger partial charge < -0.3 is 15.5 Å². The summed E-state index contributed by atoms with van der Waals surface area (Å²) < 4.78 is 0. The van der Waals surface area contributed by atoms with Crippen LogP contribution in [0.4, 0.5) is 11.4 Å². The predicted octanol–water partition coefficient (Wildman–Crippen LogP) is 4.55. The Hall–Kier alpha value is -1.49. The highest BCUT2D eigenvalue weighted by atomic mass is 35.5. The second-order valence-electron chi connectivity index (χ2n) is 5.00. The molecule has 0 saturated carbocycles. The lowest BCUT2D eigenvalue weighted by molar-refractivity contribution is 0.925. The first kappa shape index (κ1) is 16.9. The Morgan fingerprint density at radius 3 is 2.32 bits per heavy atom. The van der Waals surface area contributed by atoms with Gasteiger partial charge in [-0.2, -0.15) is 0 Å². The van der Waals surface area contributed by atoms with Crippen LogP contribution in [0.5, 0.6) is 0 Å². The molecule has 3 nitrogen and oxygen atoms in total. The second-order valence-corrected chi connectivity index (χ2v) is 6.22. The maximum absolute atomic E-state index is 5.97. The van der Waals surface area contributed by atoms with Crippen molar-refractivity contribution in [3.8, 4) is 0 Å². The van der Waals surface area contributed by atoms with Crippen LogP contribution in [0.3, 0.4) is 0 Å². The van der Waals surface area contributed by atoms with Gasteiger partial charge in [-0.3, -0.25) is 0 Å². The van der Waals surface area contributed by atoms with E-state index in [2.05, 4.69) is 39.8 Å². The maximum Gasteiger partial charge on any atom is 0.171 e. The van der Waals surface area contributed by atoms with E-state index in [0.717, 1.165) is 11.3 Å². The molecule has 0 aliphatic carbocycles. The second kappa shape index (κ2) is 7.68. The molecular weight excluding hydrogens is 337 g/mol. The Balaban J connectivity index is 1.88. The van der Waals surface area contributed by atoms with Gasteiger partial charge in [0.1, 0.15) is 0 Å². The van der Waals surface area contributed by atoms with Crippen LogP contribution < -0.4 is 15.5 Å². The molecule has 2 aromatic rings. The van der Waals surface area contributed by atoms with E-state index >= 15 is 0 Å². The molecule has 0 aromatic heterocycles. The lowest BCUT2D eigenvalue weighted by Gasteiger charge is -2.14. The van der Waals surface area contributed by atoms with Crippen molar-refractivity contribution in [2.24, 2.45) is 0 Å². The molecule has 0 aliphatic rings. The number of anilines is 2. The molecule has 116 valence electrons. The van der Waals surface area contributed by atoms with Gasteiger partial charge in [-0.1, -0.05) is 35.3 Å². The fourth-order valence-electron chi connectivity index (χ4n) is 1.84. The standard InChI is InChI=1S/C16H17Cl2N3S/c1-21(2)13-6-3-11(4-7-13)10-19-16(22)20-12-5-8-14(17)15(18)9-12/h3-9H,10H2,1-2H3,(H2,19,20,22). The third kappa shape index (κ3) is 4.77. The van der Waals surface area contributed by atoms with E-state index in [-0.39, 0.29) is 0 Å². The van der Waals surface area contributed by atoms with Crippen molar-refractivity contribution in [1.29, 1.82) is 0 Å². The van der Waals surface area contributed by atoms with Gasteiger partial charge in [0.2, 0.25) is 0 Å². The van der Waals surface area contributed by atoms with Gasteiger partial charge in [-0.25, -0.2) is 0 Å². The van der Waals surface area contributed by atoms with Crippen LogP contribution in [-0.4, -0.2) is 19.2 Å². The molecule has 0 aliphatic heterocycles. The zero-order valence-electron chi connectivity index (χ0n) is 12.4. The molecule has 0 spiro atoms. The minimum atomic E-state index is 0.494. The highest BCUT2D eigenvalue weighted by Gasteiger charge is 2.02. The van der Waals surface area contributed by atoms with Gasteiger partial charge in [0.25, 0.3) is 0 Å². The Morgan fingerprint density at radius 1 is 1.05 bits per heavy atom. The van der Waals surface area contributed by atoms with Crippen molar-refractivity contribution in [3.05, 3.63) is 58.1 Å². The number of nitrogens with zero attached hydrogens (tertiary/aromatic N) is 1. The SMILES string of the molecule is CN(C)c1ccc(CNC(=S)Nc2ccc(Cl)c(Cl)c2)cc1. The number of nitrogens with one attached hydrogen (secondary N) is 2. The summed E-state index contributed by atoms with van der Waals surface area (Å²) in [6.45, 7) is 0.654. The molecule has 0 unspecified atom stereocenters. The van der Waals surface area contributed by atoms with Crippen molar-refractivity contribution < 1.29 is 0 Å². The molecule has 2 aromatic carbocycles. The summed E-state index contributed by atoms with van der Waals surface area (Å²) in [7, 11) is 4.03. The van der Waals surface area contributed by atoms with Crippen LogP contribution in [0.1, 0.15) is 5.56 Å². The van der Waals surface area contributed by atoms with Crippen LogP contribution in [0.15, 0.2) is 42.5 Å². The highest BCUT2D eigenvalue weighted by Crippen LogP contribution is 2.24. The Bertz CT molecular complexity index is 657. The highest BCUT2D eigenvalue weighted by molar-refractivity contribution is 7.80. The third-order valence-corrected chi connectivity index (χ3v) is 4.07. The summed E-state index contributed by atoms with van der Waals surface area (Å²) in [5.74, 6) is 0. The van der Waals surface area contributed by atoms with Crippen LogP contribution in [0, 0.1) is 0 Å². The number of benzene rings is 2. The van der Waals surface area contributed by atoms with Crippen LogP contribution >= 0.6 is 35.4 Å². The van der Waals surface area contributed by atoms with E-state index in [1.165, 1.54) is 5.69 Å². The molecule has 22 heavy (non-hydrogen) atoms. The molecular formula is C16H17Cl2N3S. The predicted molar refractivity (Wildman–Crippen MR) is 100 cm³/mol. The van der Waals surface area contributed by atoms with Crippen LogP contribution in [0.25, 0.3) is 0 Å². The van der Waals surface area contributed by atoms with Crippen molar-refractivity contribution >= 4 is 51.9 Å². The first-order valence-electron chi connectivity index (χ1n) is 6.72. The van der Waals surface area contributed by atoms with Crippen molar-refractivity contribution in [2.75, 3.05) is 24.3 Å². The lowest BCUT2D eigenvalue weighted by atomic mass is 10.2. The average Bonchev–Trinajstić information content (AvgIpc) is 2.49. The quantitative estimate of drug-likeness (QED) is 0.788. The van der Waals surface area contributed by atoms with Gasteiger partial charge in [0.05, 0.1) is 10.0 Å². The molecule has 6 heteroatoms. The molecule has 0 fully saturated rings. The maximum atomic E-state index is 5.97. The number of hydrogen-bond donors (Lipinski definition) is 2. The number of hydrogen-bond acceptors (Lipinski definition) is 2. The Kier molecular flexibility index (Phi) is 5.89. The van der Waals surface area contributed by atoms with E-state index < -0.39 is 0 Å². The fourth-order valence-corrected chi connectivity index (χ4v) is 2.33. The van der Waals surface area contributed by atoms with Crippen molar-refractivity contribution in [3.63, 3.8) is 0 Å². The number of rotatable bonds is 4. The minimum Gasteiger partial charge on any atom is -0.378 e. The van der Waals surface area contributed by atoms with Crippen molar-refractivity contribution in [2.45, 2.75) is 6.54 Å². The van der Waals surface area contributed by atoms with E-state index in [0.29, 0.717) is 21.7 Å². The topological polar surface area (TPSA) is 27.3 Å². The minimum absolute atomic E-state index is 0.494. The van der Waals surface area contributed by atoms with Crippen LogP contribution in [-0.2, 0) is 6.54 Å². The zero-order valence-corrected chi connectivity index (χ0v) is 14.7. The summed E-state index contributed by atoms with van der Waals surface area (Å²) in [5, 5.41) is 7.79. The number of halogens is 2. The van der Waals surface area contributed by atoms with E-state index in [4.69, 9.17) is 35.4 Å². The largest absolute Gasteiger partial charge is 0.378 e. The summed E-state index contributed by atoms with van der Waals surface area (Å²) >= 11 is 17.1. The molecule has 0 heterocycles. The molecule has 2 N–H and O–H groups in total. The molecule has 0 radical (unpaired) electrons. The molecule has 0 saturated heterocycles. The summed E-state index contributed by atoms with van der Waals surface area (Å²) in [6.07, 6.45) is 0. The first-order valence-corrected chi connectivity index (χ1v) is 7.88. The Morgan fingerprint density at radius 2 is 1.73 bits per heavy atom. The summed E-state index contributed by atoms with van der Waals surface area (Å²) in [6, 6.07) is 13.6. The number of thiocarbonyl (C=S) groups is 1. The fraction of sp³-hybridized carbons (Fsp3) is 0.188. The van der Waals surface area contributed by atoms with E-state index in [1.54, 1.807) is 12.1 Å². The smallest absolute Gasteiger partial charge is 0.171 e. The molecule has 0 atom stereocenters. The summed E-state index contributed by atoms with van der Waals surface area (Å²) in [4.78, 5) is 2.06. The molecule has 2 rings (SSSR count). The van der Waals surface area contributed by atoms with Gasteiger partial charge >= 0.3 is 0 Å². The average molecular weight is 354 g/mol. The van der Waals surface area contributed by atoms with Gasteiger partial charge in [0.15, 0.2) is 5.11 Å². The lowest BCUT2D eigenvalue weighted by Crippen LogP contribution is -2.27. The Labute approximate surface area is 146 Å². The van der Waals surface area contributed by atoms with Crippen LogP contribution in [0.2, 0.25) is 10.0 Å². The van der Waals surface area contributed by atoms with Gasteiger partial charge in [0, 0.05) is 32.0 Å². The van der Waals surface area contributed by atoms with E-state index in [1.807, 2.05) is 20.2 Å². The van der Waals surface area contributed by atoms with Crippen molar-refractivity contribution in [1.82, 2.24) is 5.32 Å². The van der Waals surface area contributed by atoms with E-state index in [9.17, 15) is 0 Å². The van der Waals surface area contributed by atoms with Gasteiger partial charge in [-0.15, -0.1) is 0 Å². The molecule has 0 amide bonds. The third-order valence-electron chi connectivity index (χ3n) is 3.08.